The predicted octanol–water partition coefficient (Wildman–Crippen LogP) is 3.52. The Labute approximate surface area is 110 Å². The van der Waals surface area contributed by atoms with E-state index in [0.717, 1.165) is 11.8 Å². The molecule has 18 heavy (non-hydrogen) atoms. The molecule has 0 aliphatic heterocycles. The maximum absolute atomic E-state index is 5.90. The zero-order valence-electron chi connectivity index (χ0n) is 10.6. The van der Waals surface area contributed by atoms with Crippen LogP contribution in [0.4, 0.5) is 0 Å². The van der Waals surface area contributed by atoms with E-state index in [0.29, 0.717) is 6.61 Å². The molecule has 1 atom stereocenters. The molecule has 0 amide bonds. The lowest BCUT2D eigenvalue weighted by atomic mass is 10.2. The summed E-state index contributed by atoms with van der Waals surface area (Å²) in [5.74, 6) is 0.907. The van der Waals surface area contributed by atoms with Gasteiger partial charge < -0.3 is 8.85 Å². The minimum Gasteiger partial charge on any atom is -0.522 e. The van der Waals surface area contributed by atoms with Crippen LogP contribution in [0.3, 0.4) is 0 Å². The van der Waals surface area contributed by atoms with E-state index in [-0.39, 0.29) is 0 Å². The second-order valence-electron chi connectivity index (χ2n) is 4.07. The van der Waals surface area contributed by atoms with Crippen molar-refractivity contribution in [1.29, 1.82) is 0 Å². The molecule has 0 saturated carbocycles. The van der Waals surface area contributed by atoms with Crippen molar-refractivity contribution in [3.63, 3.8) is 0 Å². The molecule has 2 aromatic carbocycles. The second-order valence-corrected chi connectivity index (χ2v) is 6.31. The SMILES string of the molecule is CC[SiH](OCc1ccccc1)Oc1ccccc1. The fourth-order valence-corrected chi connectivity index (χ4v) is 2.96. The highest BCUT2D eigenvalue weighted by molar-refractivity contribution is 6.45. The Bertz CT molecular complexity index is 445. The van der Waals surface area contributed by atoms with Crippen LogP contribution in [-0.2, 0) is 11.0 Å². The highest BCUT2D eigenvalue weighted by atomic mass is 28.3. The highest BCUT2D eigenvalue weighted by Crippen LogP contribution is 2.12. The van der Waals surface area contributed by atoms with E-state index in [9.17, 15) is 0 Å². The number of benzene rings is 2. The van der Waals surface area contributed by atoms with E-state index in [1.54, 1.807) is 0 Å². The largest absolute Gasteiger partial charge is 0.522 e. The Kier molecular flexibility index (Phi) is 4.99. The summed E-state index contributed by atoms with van der Waals surface area (Å²) in [5.41, 5.74) is 1.19. The third-order valence-corrected chi connectivity index (χ3v) is 4.36. The van der Waals surface area contributed by atoms with Gasteiger partial charge in [0.05, 0.1) is 6.61 Å². The summed E-state index contributed by atoms with van der Waals surface area (Å²) >= 11 is 0. The Hall–Kier alpha value is -1.58. The van der Waals surface area contributed by atoms with Crippen molar-refractivity contribution in [3.05, 3.63) is 66.2 Å². The summed E-state index contributed by atoms with van der Waals surface area (Å²) in [6.07, 6.45) is 0. The smallest absolute Gasteiger partial charge is 0.382 e. The van der Waals surface area contributed by atoms with Crippen LogP contribution in [0, 0.1) is 0 Å². The van der Waals surface area contributed by atoms with Crippen LogP contribution in [0.1, 0.15) is 12.5 Å². The van der Waals surface area contributed by atoms with Gasteiger partial charge in [-0.3, -0.25) is 0 Å². The molecule has 3 heteroatoms. The van der Waals surface area contributed by atoms with Gasteiger partial charge in [0.1, 0.15) is 5.75 Å². The Morgan fingerprint density at radius 3 is 2.11 bits per heavy atom. The minimum atomic E-state index is -1.61. The van der Waals surface area contributed by atoms with Gasteiger partial charge in [0, 0.05) is 0 Å². The molecule has 2 rings (SSSR count). The Morgan fingerprint density at radius 2 is 1.50 bits per heavy atom. The van der Waals surface area contributed by atoms with Crippen molar-refractivity contribution < 1.29 is 8.85 Å². The maximum atomic E-state index is 5.90. The van der Waals surface area contributed by atoms with Crippen molar-refractivity contribution in [2.24, 2.45) is 0 Å². The summed E-state index contributed by atoms with van der Waals surface area (Å²) < 4.78 is 11.8. The standard InChI is InChI=1S/C15H18O2Si/c1-2-18(17-15-11-7-4-8-12-15)16-13-14-9-5-3-6-10-14/h3-12,18H,2,13H2,1H3. The maximum Gasteiger partial charge on any atom is 0.382 e. The monoisotopic (exact) mass is 258 g/mol. The molecule has 0 fully saturated rings. The van der Waals surface area contributed by atoms with Gasteiger partial charge in [0.2, 0.25) is 0 Å². The first-order valence-electron chi connectivity index (χ1n) is 6.25. The number of para-hydroxylation sites is 1. The molecule has 0 aromatic heterocycles. The van der Waals surface area contributed by atoms with Gasteiger partial charge in [-0.25, -0.2) is 0 Å². The molecule has 0 heterocycles. The van der Waals surface area contributed by atoms with Crippen LogP contribution in [0.25, 0.3) is 0 Å². The molecular formula is C15H18O2Si. The van der Waals surface area contributed by atoms with Crippen LogP contribution >= 0.6 is 0 Å². The minimum absolute atomic E-state index is 0.637. The van der Waals surface area contributed by atoms with Crippen LogP contribution in [0.15, 0.2) is 60.7 Å². The van der Waals surface area contributed by atoms with Gasteiger partial charge in [-0.15, -0.1) is 0 Å². The van der Waals surface area contributed by atoms with Gasteiger partial charge >= 0.3 is 9.28 Å². The quantitative estimate of drug-likeness (QED) is 0.738. The Balaban J connectivity index is 1.86. The molecular weight excluding hydrogens is 240 g/mol. The van der Waals surface area contributed by atoms with E-state index in [1.807, 2.05) is 48.5 Å². The normalized spacial score (nSPS) is 12.1. The molecule has 0 bridgehead atoms. The van der Waals surface area contributed by atoms with Gasteiger partial charge in [-0.2, -0.15) is 0 Å². The van der Waals surface area contributed by atoms with E-state index >= 15 is 0 Å². The average molecular weight is 258 g/mol. The number of rotatable bonds is 6. The molecule has 0 radical (unpaired) electrons. The molecule has 0 saturated heterocycles. The molecule has 0 aliphatic rings. The lowest BCUT2D eigenvalue weighted by Crippen LogP contribution is -2.25. The van der Waals surface area contributed by atoms with Gasteiger partial charge in [0.25, 0.3) is 0 Å². The zero-order chi connectivity index (χ0) is 12.6. The van der Waals surface area contributed by atoms with Crippen molar-refractivity contribution in [2.75, 3.05) is 0 Å². The summed E-state index contributed by atoms with van der Waals surface area (Å²) in [7, 11) is -1.61. The van der Waals surface area contributed by atoms with Gasteiger partial charge in [-0.05, 0) is 23.7 Å². The molecule has 0 aliphatic carbocycles. The lowest BCUT2D eigenvalue weighted by molar-refractivity contribution is 0.255. The third-order valence-electron chi connectivity index (χ3n) is 2.62. The third kappa shape index (κ3) is 4.02. The number of hydrogen-bond acceptors (Lipinski definition) is 2. The predicted molar refractivity (Wildman–Crippen MR) is 75.9 cm³/mol. The first kappa shape index (κ1) is 12.9. The second kappa shape index (κ2) is 6.99. The van der Waals surface area contributed by atoms with Crippen LogP contribution in [0.2, 0.25) is 6.04 Å². The topological polar surface area (TPSA) is 18.5 Å². The average Bonchev–Trinajstić information content (AvgIpc) is 2.45. The van der Waals surface area contributed by atoms with E-state index < -0.39 is 9.28 Å². The highest BCUT2D eigenvalue weighted by Gasteiger charge is 2.12. The molecule has 2 nitrogen and oxygen atoms in total. The van der Waals surface area contributed by atoms with Crippen molar-refractivity contribution in [2.45, 2.75) is 19.6 Å². The van der Waals surface area contributed by atoms with Crippen molar-refractivity contribution in [3.8, 4) is 5.75 Å². The molecule has 94 valence electrons. The van der Waals surface area contributed by atoms with Crippen molar-refractivity contribution in [1.82, 2.24) is 0 Å². The molecule has 1 unspecified atom stereocenters. The number of hydrogen-bond donors (Lipinski definition) is 0. The first-order valence-corrected chi connectivity index (χ1v) is 8.01. The van der Waals surface area contributed by atoms with E-state index in [4.69, 9.17) is 8.85 Å². The van der Waals surface area contributed by atoms with Crippen molar-refractivity contribution >= 4 is 9.28 Å². The van der Waals surface area contributed by atoms with E-state index in [2.05, 4.69) is 19.1 Å². The Morgan fingerprint density at radius 1 is 0.889 bits per heavy atom. The summed E-state index contributed by atoms with van der Waals surface area (Å²) in [6, 6.07) is 21.1. The summed E-state index contributed by atoms with van der Waals surface area (Å²) in [6.45, 7) is 2.75. The van der Waals surface area contributed by atoms with Gasteiger partial charge in [0.15, 0.2) is 0 Å². The van der Waals surface area contributed by atoms with Crippen LogP contribution in [-0.4, -0.2) is 9.28 Å². The molecule has 0 N–H and O–H groups in total. The fraction of sp³-hybridized carbons (Fsp3) is 0.200. The van der Waals surface area contributed by atoms with Crippen LogP contribution < -0.4 is 4.43 Å². The van der Waals surface area contributed by atoms with Crippen LogP contribution in [0.5, 0.6) is 5.75 Å². The van der Waals surface area contributed by atoms with Gasteiger partial charge in [-0.1, -0.05) is 55.5 Å². The zero-order valence-corrected chi connectivity index (χ0v) is 11.7. The summed E-state index contributed by atoms with van der Waals surface area (Å²) in [4.78, 5) is 0. The lowest BCUT2D eigenvalue weighted by Gasteiger charge is -2.16. The van der Waals surface area contributed by atoms with E-state index in [1.165, 1.54) is 5.56 Å². The fourth-order valence-electron chi connectivity index (χ4n) is 1.65. The molecule has 0 spiro atoms. The first-order chi connectivity index (χ1) is 8.88. The summed E-state index contributed by atoms with van der Waals surface area (Å²) in [5, 5.41) is 0. The molecule has 2 aromatic rings.